The second-order valence-corrected chi connectivity index (χ2v) is 10.2. The fraction of sp³-hybridized carbons (Fsp3) is 0.333. The van der Waals surface area contributed by atoms with Crippen molar-refractivity contribution in [2.75, 3.05) is 0 Å². The summed E-state index contributed by atoms with van der Waals surface area (Å²) in [5.74, 6) is 0.769. The predicted molar refractivity (Wildman–Crippen MR) is 147 cm³/mol. The van der Waals surface area contributed by atoms with Gasteiger partial charge >= 0.3 is 0 Å². The minimum atomic E-state index is -0.182. The van der Waals surface area contributed by atoms with Gasteiger partial charge in [0.1, 0.15) is 6.33 Å². The Morgan fingerprint density at radius 1 is 0.833 bits per heavy atom. The number of aromatic nitrogens is 4. The van der Waals surface area contributed by atoms with E-state index in [0.29, 0.717) is 12.0 Å². The summed E-state index contributed by atoms with van der Waals surface area (Å²) in [5.41, 5.74) is 6.54. The van der Waals surface area contributed by atoms with Crippen molar-refractivity contribution < 1.29 is 0 Å². The van der Waals surface area contributed by atoms with Gasteiger partial charge in [-0.1, -0.05) is 85.6 Å². The lowest BCUT2D eigenvalue weighted by Gasteiger charge is -2.14. The molecule has 6 heteroatoms. The maximum atomic E-state index is 12.9. The standard InChI is InChI=1S/C30H34N4OS/c1-3-4-5-6-24-11-13-25(14-12-24)15-16-34-20-28(17-27-18-31-22-32-19-27)29(35)33-30(34)36-21-26-9-7-23(2)8-10-26/h7-14,18-20,22H,3-6,15-17,21H2,1-2H3. The van der Waals surface area contributed by atoms with E-state index >= 15 is 0 Å². The van der Waals surface area contributed by atoms with Crippen LogP contribution in [0.2, 0.25) is 0 Å². The molecule has 0 saturated heterocycles. The smallest absolute Gasteiger partial charge is 0.277 e. The van der Waals surface area contributed by atoms with Crippen LogP contribution in [0.25, 0.3) is 0 Å². The Morgan fingerprint density at radius 2 is 1.50 bits per heavy atom. The van der Waals surface area contributed by atoms with Gasteiger partial charge in [0.2, 0.25) is 0 Å². The van der Waals surface area contributed by atoms with Gasteiger partial charge < -0.3 is 4.57 Å². The molecule has 0 saturated carbocycles. The molecule has 5 nitrogen and oxygen atoms in total. The molecule has 0 radical (unpaired) electrons. The van der Waals surface area contributed by atoms with Crippen LogP contribution in [0.5, 0.6) is 0 Å². The second kappa shape index (κ2) is 13.2. The summed E-state index contributed by atoms with van der Waals surface area (Å²) in [5, 5.41) is 0.754. The first-order valence-electron chi connectivity index (χ1n) is 12.7. The topological polar surface area (TPSA) is 60.7 Å². The molecule has 2 aromatic carbocycles. The molecule has 0 atom stereocenters. The number of rotatable bonds is 12. The van der Waals surface area contributed by atoms with Crippen LogP contribution in [0.15, 0.2) is 83.4 Å². The quantitative estimate of drug-likeness (QED) is 0.132. The largest absolute Gasteiger partial charge is 0.327 e. The van der Waals surface area contributed by atoms with E-state index in [2.05, 4.69) is 81.9 Å². The van der Waals surface area contributed by atoms with Crippen molar-refractivity contribution in [2.24, 2.45) is 0 Å². The number of unbranched alkanes of at least 4 members (excludes halogenated alkanes) is 2. The van der Waals surface area contributed by atoms with E-state index in [1.165, 1.54) is 47.8 Å². The van der Waals surface area contributed by atoms with Gasteiger partial charge in [-0.05, 0) is 48.4 Å². The van der Waals surface area contributed by atoms with Gasteiger partial charge in [0.25, 0.3) is 5.56 Å². The maximum absolute atomic E-state index is 12.9. The van der Waals surface area contributed by atoms with E-state index in [4.69, 9.17) is 0 Å². The summed E-state index contributed by atoms with van der Waals surface area (Å²) >= 11 is 1.61. The van der Waals surface area contributed by atoms with Gasteiger partial charge in [-0.2, -0.15) is 4.98 Å². The van der Waals surface area contributed by atoms with Gasteiger partial charge in [-0.25, -0.2) is 9.97 Å². The number of hydrogen-bond donors (Lipinski definition) is 0. The third-order valence-electron chi connectivity index (χ3n) is 6.26. The van der Waals surface area contributed by atoms with Crippen LogP contribution in [0.3, 0.4) is 0 Å². The highest BCUT2D eigenvalue weighted by Gasteiger charge is 2.11. The Morgan fingerprint density at radius 3 is 2.19 bits per heavy atom. The molecule has 0 bridgehead atoms. The first-order chi connectivity index (χ1) is 17.6. The maximum Gasteiger partial charge on any atom is 0.277 e. The van der Waals surface area contributed by atoms with Crippen molar-refractivity contribution in [3.05, 3.63) is 117 Å². The van der Waals surface area contributed by atoms with Gasteiger partial charge in [-0.3, -0.25) is 4.79 Å². The van der Waals surface area contributed by atoms with Crippen LogP contribution in [-0.2, 0) is 31.6 Å². The Kier molecular flexibility index (Phi) is 9.45. The van der Waals surface area contributed by atoms with Crippen molar-refractivity contribution in [3.63, 3.8) is 0 Å². The number of thioether (sulfide) groups is 1. The van der Waals surface area contributed by atoms with E-state index in [9.17, 15) is 4.79 Å². The molecular weight excluding hydrogens is 464 g/mol. The summed E-state index contributed by atoms with van der Waals surface area (Å²) in [4.78, 5) is 25.6. The Labute approximate surface area is 218 Å². The molecule has 0 aliphatic carbocycles. The normalized spacial score (nSPS) is 11.1. The van der Waals surface area contributed by atoms with E-state index < -0.39 is 0 Å². The van der Waals surface area contributed by atoms with Crippen LogP contribution in [0, 0.1) is 6.92 Å². The molecular formula is C30H34N4OS. The highest BCUT2D eigenvalue weighted by Crippen LogP contribution is 2.22. The monoisotopic (exact) mass is 498 g/mol. The zero-order valence-corrected chi connectivity index (χ0v) is 22.0. The van der Waals surface area contributed by atoms with Gasteiger partial charge in [0.15, 0.2) is 5.16 Å². The summed E-state index contributed by atoms with van der Waals surface area (Å²) < 4.78 is 2.13. The Bertz CT molecular complexity index is 1290. The molecule has 0 spiro atoms. The zero-order chi connectivity index (χ0) is 25.2. The molecule has 0 fully saturated rings. The van der Waals surface area contributed by atoms with Crippen LogP contribution in [0.4, 0.5) is 0 Å². The van der Waals surface area contributed by atoms with Crippen LogP contribution in [-0.4, -0.2) is 19.5 Å². The van der Waals surface area contributed by atoms with E-state index in [0.717, 1.165) is 35.9 Å². The minimum Gasteiger partial charge on any atom is -0.327 e. The Balaban J connectivity index is 1.51. The third kappa shape index (κ3) is 7.62. The van der Waals surface area contributed by atoms with Crippen LogP contribution < -0.4 is 5.56 Å². The lowest BCUT2D eigenvalue weighted by molar-refractivity contribution is 0.595. The molecule has 0 aliphatic heterocycles. The number of nitrogens with zero attached hydrogens (tertiary/aromatic N) is 4. The van der Waals surface area contributed by atoms with Crippen LogP contribution >= 0.6 is 11.8 Å². The molecule has 36 heavy (non-hydrogen) atoms. The first-order valence-corrected chi connectivity index (χ1v) is 13.7. The number of aryl methyl sites for hydroxylation is 4. The summed E-state index contributed by atoms with van der Waals surface area (Å²) in [6.45, 7) is 5.09. The third-order valence-corrected chi connectivity index (χ3v) is 7.32. The van der Waals surface area contributed by atoms with E-state index in [-0.39, 0.29) is 5.56 Å². The SMILES string of the molecule is CCCCCc1ccc(CCn2cc(Cc3cncnc3)c(=O)nc2SCc2ccc(C)cc2)cc1. The van der Waals surface area contributed by atoms with Gasteiger partial charge in [0, 0.05) is 42.9 Å². The highest BCUT2D eigenvalue weighted by molar-refractivity contribution is 7.98. The summed E-state index contributed by atoms with van der Waals surface area (Å²) in [6, 6.07) is 17.5. The predicted octanol–water partition coefficient (Wildman–Crippen LogP) is 6.20. The molecule has 2 heterocycles. The second-order valence-electron chi connectivity index (χ2n) is 9.27. The minimum absolute atomic E-state index is 0.182. The fourth-order valence-corrected chi connectivity index (χ4v) is 5.04. The van der Waals surface area contributed by atoms with Crippen molar-refractivity contribution in [1.82, 2.24) is 19.5 Å². The molecule has 0 N–H and O–H groups in total. The molecule has 0 amide bonds. The van der Waals surface area contributed by atoms with Crippen molar-refractivity contribution >= 4 is 11.8 Å². The molecule has 4 aromatic rings. The van der Waals surface area contributed by atoms with E-state index in [1.807, 2.05) is 6.20 Å². The number of hydrogen-bond acceptors (Lipinski definition) is 5. The highest BCUT2D eigenvalue weighted by atomic mass is 32.2. The van der Waals surface area contributed by atoms with Crippen LogP contribution in [0.1, 0.15) is 59.6 Å². The molecule has 0 aliphatic rings. The fourth-order valence-electron chi connectivity index (χ4n) is 4.09. The van der Waals surface area contributed by atoms with Gasteiger partial charge in [-0.15, -0.1) is 0 Å². The van der Waals surface area contributed by atoms with Crippen molar-refractivity contribution in [1.29, 1.82) is 0 Å². The van der Waals surface area contributed by atoms with Crippen molar-refractivity contribution in [2.45, 2.75) is 69.8 Å². The first kappa shape index (κ1) is 25.8. The molecule has 4 rings (SSSR count). The lowest BCUT2D eigenvalue weighted by atomic mass is 10.0. The summed E-state index contributed by atoms with van der Waals surface area (Å²) in [6.07, 6.45) is 13.2. The Hall–Kier alpha value is -3.25. The van der Waals surface area contributed by atoms with Crippen molar-refractivity contribution in [3.8, 4) is 0 Å². The molecule has 2 aromatic heterocycles. The van der Waals surface area contributed by atoms with Gasteiger partial charge in [0.05, 0.1) is 0 Å². The lowest BCUT2D eigenvalue weighted by Crippen LogP contribution is -2.20. The average molecular weight is 499 g/mol. The summed E-state index contributed by atoms with van der Waals surface area (Å²) in [7, 11) is 0. The zero-order valence-electron chi connectivity index (χ0n) is 21.2. The van der Waals surface area contributed by atoms with E-state index in [1.54, 1.807) is 24.2 Å². The average Bonchev–Trinajstić information content (AvgIpc) is 2.90. The molecule has 186 valence electrons. The number of benzene rings is 2. The molecule has 0 unspecified atom stereocenters.